The minimum Gasteiger partial charge on any atom is -0.375 e. The summed E-state index contributed by atoms with van der Waals surface area (Å²) in [4.78, 5) is 0. The Bertz CT molecular complexity index is 216. The molecule has 1 saturated heterocycles. The van der Waals surface area contributed by atoms with Gasteiger partial charge >= 0.3 is 0 Å². The van der Waals surface area contributed by atoms with Crippen molar-refractivity contribution in [2.24, 2.45) is 11.8 Å². The molecule has 0 spiro atoms. The Hall–Kier alpha value is -1.01. The first-order valence-corrected chi connectivity index (χ1v) is 3.96. The first-order valence-electron chi connectivity index (χ1n) is 3.96. The van der Waals surface area contributed by atoms with E-state index in [1.807, 2.05) is 6.20 Å². The van der Waals surface area contributed by atoms with Crippen LogP contribution in [0.2, 0.25) is 0 Å². The molecule has 0 aromatic rings. The van der Waals surface area contributed by atoms with Gasteiger partial charge in [-0.15, -0.1) is 0 Å². The van der Waals surface area contributed by atoms with Crippen LogP contribution in [0.25, 0.3) is 0 Å². The van der Waals surface area contributed by atoms with Gasteiger partial charge in [0.2, 0.25) is 0 Å². The van der Waals surface area contributed by atoms with Gasteiger partial charge in [-0.3, -0.25) is 5.32 Å². The van der Waals surface area contributed by atoms with E-state index in [1.165, 1.54) is 0 Å². The van der Waals surface area contributed by atoms with Crippen molar-refractivity contribution in [1.82, 2.24) is 10.6 Å². The maximum atomic E-state index is 8.68. The van der Waals surface area contributed by atoms with E-state index in [4.69, 9.17) is 5.26 Å². The van der Waals surface area contributed by atoms with Gasteiger partial charge in [0.05, 0.1) is 18.2 Å². The molecule has 2 heterocycles. The average molecular weight is 149 g/mol. The lowest BCUT2D eigenvalue weighted by Gasteiger charge is -2.29. The van der Waals surface area contributed by atoms with Crippen LogP contribution in [0.15, 0.2) is 12.3 Å². The first kappa shape index (κ1) is 6.68. The van der Waals surface area contributed by atoms with E-state index >= 15 is 0 Å². The van der Waals surface area contributed by atoms with Crippen LogP contribution in [-0.4, -0.2) is 12.7 Å². The number of nitrogens with one attached hydrogen (secondary N) is 2. The second-order valence-electron chi connectivity index (χ2n) is 3.14. The summed E-state index contributed by atoms with van der Waals surface area (Å²) in [5, 5.41) is 15.2. The first-order chi connectivity index (χ1) is 5.40. The monoisotopic (exact) mass is 149 g/mol. The molecule has 0 aliphatic carbocycles. The average Bonchev–Trinajstić information content (AvgIpc) is 2.50. The zero-order chi connectivity index (χ0) is 7.68. The highest BCUT2D eigenvalue weighted by Gasteiger charge is 2.30. The highest BCUT2D eigenvalue weighted by atomic mass is 15.1. The number of rotatable bonds is 0. The zero-order valence-corrected chi connectivity index (χ0v) is 6.25. The summed E-state index contributed by atoms with van der Waals surface area (Å²) in [5.41, 5.74) is 0. The molecule has 58 valence electrons. The molecule has 3 heteroatoms. The summed E-state index contributed by atoms with van der Waals surface area (Å²) in [6, 6.07) is 2.29. The van der Waals surface area contributed by atoms with Crippen molar-refractivity contribution in [3.05, 3.63) is 12.3 Å². The molecule has 3 unspecified atom stereocenters. The molecule has 0 saturated carbocycles. The predicted octanol–water partition coefficient (Wildman–Crippen LogP) is 0.179. The lowest BCUT2D eigenvalue weighted by Crippen LogP contribution is -2.48. The maximum absolute atomic E-state index is 8.68. The minimum absolute atomic E-state index is 0.195. The molecule has 2 aliphatic heterocycles. The molecule has 3 nitrogen and oxygen atoms in total. The smallest absolute Gasteiger partial charge is 0.0828 e. The van der Waals surface area contributed by atoms with Crippen molar-refractivity contribution in [3.8, 4) is 6.07 Å². The van der Waals surface area contributed by atoms with Crippen molar-refractivity contribution < 1.29 is 0 Å². The highest BCUT2D eigenvalue weighted by molar-refractivity contribution is 5.06. The molecular weight excluding hydrogens is 138 g/mol. The van der Waals surface area contributed by atoms with Crippen LogP contribution in [0.4, 0.5) is 0 Å². The number of nitrogens with zero attached hydrogens (tertiary/aromatic N) is 1. The van der Waals surface area contributed by atoms with Crippen LogP contribution in [-0.2, 0) is 0 Å². The van der Waals surface area contributed by atoms with Gasteiger partial charge in [-0.25, -0.2) is 0 Å². The zero-order valence-electron chi connectivity index (χ0n) is 6.25. The quantitative estimate of drug-likeness (QED) is 0.516. The fourth-order valence-electron chi connectivity index (χ4n) is 1.72. The lowest BCUT2D eigenvalue weighted by molar-refractivity contribution is 0.286. The fourth-order valence-corrected chi connectivity index (χ4v) is 1.72. The molecule has 2 N–H and O–H groups in total. The third kappa shape index (κ3) is 1.10. The number of piperidine rings is 1. The highest BCUT2D eigenvalue weighted by Crippen LogP contribution is 2.23. The van der Waals surface area contributed by atoms with Gasteiger partial charge in [0.15, 0.2) is 0 Å². The van der Waals surface area contributed by atoms with E-state index in [9.17, 15) is 0 Å². The topological polar surface area (TPSA) is 47.9 Å². The van der Waals surface area contributed by atoms with Crippen LogP contribution in [0.1, 0.15) is 6.42 Å². The predicted molar refractivity (Wildman–Crippen MR) is 41.3 cm³/mol. The Morgan fingerprint density at radius 2 is 2.45 bits per heavy atom. The van der Waals surface area contributed by atoms with Crippen molar-refractivity contribution in [2.45, 2.75) is 12.6 Å². The fraction of sp³-hybridized carbons (Fsp3) is 0.625. The van der Waals surface area contributed by atoms with Crippen molar-refractivity contribution in [1.29, 1.82) is 5.26 Å². The van der Waals surface area contributed by atoms with Crippen LogP contribution in [0.5, 0.6) is 0 Å². The van der Waals surface area contributed by atoms with Crippen LogP contribution >= 0.6 is 0 Å². The third-order valence-corrected chi connectivity index (χ3v) is 2.37. The second-order valence-corrected chi connectivity index (χ2v) is 3.14. The van der Waals surface area contributed by atoms with Gasteiger partial charge in [0.1, 0.15) is 0 Å². The molecule has 3 atom stereocenters. The van der Waals surface area contributed by atoms with Crippen LogP contribution in [0, 0.1) is 23.2 Å². The Labute approximate surface area is 66.1 Å². The Morgan fingerprint density at radius 1 is 1.55 bits per heavy atom. The summed E-state index contributed by atoms with van der Waals surface area (Å²) in [6.07, 6.45) is 5.50. The van der Waals surface area contributed by atoms with Gasteiger partial charge in [0.25, 0.3) is 0 Å². The number of hydrogen-bond donors (Lipinski definition) is 2. The third-order valence-electron chi connectivity index (χ3n) is 2.37. The van der Waals surface area contributed by atoms with Crippen LogP contribution < -0.4 is 10.6 Å². The molecule has 0 amide bonds. The lowest BCUT2D eigenvalue weighted by atomic mass is 9.90. The molecule has 2 aliphatic rings. The van der Waals surface area contributed by atoms with Gasteiger partial charge in [0, 0.05) is 12.5 Å². The summed E-state index contributed by atoms with van der Waals surface area (Å²) in [7, 11) is 0. The molecule has 11 heavy (non-hydrogen) atoms. The Kier molecular flexibility index (Phi) is 1.55. The molecule has 0 radical (unpaired) electrons. The van der Waals surface area contributed by atoms with Gasteiger partial charge in [-0.1, -0.05) is 6.08 Å². The molecule has 0 aromatic heterocycles. The summed E-state index contributed by atoms with van der Waals surface area (Å²) < 4.78 is 0. The van der Waals surface area contributed by atoms with E-state index in [2.05, 4.69) is 22.8 Å². The Balaban J connectivity index is 2.02. The van der Waals surface area contributed by atoms with Crippen molar-refractivity contribution in [3.63, 3.8) is 0 Å². The summed E-state index contributed by atoms with van der Waals surface area (Å²) in [5.74, 6) is 0.717. The van der Waals surface area contributed by atoms with Gasteiger partial charge in [-0.05, 0) is 12.6 Å². The minimum atomic E-state index is 0.195. The van der Waals surface area contributed by atoms with Crippen molar-refractivity contribution in [2.75, 3.05) is 6.54 Å². The molecule has 0 bridgehead atoms. The largest absolute Gasteiger partial charge is 0.375 e. The molecule has 2 rings (SSSR count). The standard InChI is InChI=1S/C8H11N3/c9-4-6-3-7-1-2-10-8(7)11-5-6/h1-2,6-8,10-11H,3,5H2. The van der Waals surface area contributed by atoms with E-state index in [1.54, 1.807) is 0 Å². The number of hydrogen-bond acceptors (Lipinski definition) is 3. The molecular formula is C8H11N3. The van der Waals surface area contributed by atoms with E-state index in [-0.39, 0.29) is 5.92 Å². The number of fused-ring (bicyclic) bond motifs is 1. The van der Waals surface area contributed by atoms with E-state index < -0.39 is 0 Å². The second kappa shape index (κ2) is 2.55. The summed E-state index contributed by atoms with van der Waals surface area (Å²) >= 11 is 0. The summed E-state index contributed by atoms with van der Waals surface area (Å²) in [6.45, 7) is 0.826. The molecule has 1 fully saturated rings. The van der Waals surface area contributed by atoms with Crippen molar-refractivity contribution >= 4 is 0 Å². The maximum Gasteiger partial charge on any atom is 0.0828 e. The normalized spacial score (nSPS) is 40.8. The van der Waals surface area contributed by atoms with E-state index in [0.29, 0.717) is 12.1 Å². The van der Waals surface area contributed by atoms with Gasteiger partial charge in [-0.2, -0.15) is 5.26 Å². The molecule has 0 aromatic carbocycles. The SMILES string of the molecule is N#CC1CNC2NC=CC2C1. The van der Waals surface area contributed by atoms with E-state index in [0.717, 1.165) is 13.0 Å². The Morgan fingerprint density at radius 3 is 3.27 bits per heavy atom. The van der Waals surface area contributed by atoms with Crippen LogP contribution in [0.3, 0.4) is 0 Å². The number of nitriles is 1. The van der Waals surface area contributed by atoms with Gasteiger partial charge < -0.3 is 5.32 Å².